The number of benzene rings is 1. The molecule has 1 aromatic heterocycles. The predicted molar refractivity (Wildman–Crippen MR) is 80.3 cm³/mol. The van der Waals surface area contributed by atoms with Gasteiger partial charge in [0.2, 0.25) is 5.91 Å². The SMILES string of the molecule is CC1(C(=O)Nc2cccc3ncccc23)CCCC1N. The summed E-state index contributed by atoms with van der Waals surface area (Å²) in [6.45, 7) is 1.96. The van der Waals surface area contributed by atoms with Crippen molar-refractivity contribution in [2.24, 2.45) is 11.1 Å². The van der Waals surface area contributed by atoms with E-state index in [0.717, 1.165) is 35.9 Å². The number of carbonyl (C=O) groups excluding carboxylic acids is 1. The van der Waals surface area contributed by atoms with E-state index >= 15 is 0 Å². The van der Waals surface area contributed by atoms with Gasteiger partial charge in [-0.15, -0.1) is 0 Å². The molecule has 3 rings (SSSR count). The van der Waals surface area contributed by atoms with Crippen molar-refractivity contribution in [3.63, 3.8) is 0 Å². The van der Waals surface area contributed by atoms with E-state index < -0.39 is 5.41 Å². The third kappa shape index (κ3) is 2.06. The number of hydrogen-bond donors (Lipinski definition) is 2. The van der Waals surface area contributed by atoms with Gasteiger partial charge < -0.3 is 11.1 Å². The first kappa shape index (κ1) is 13.1. The molecule has 4 nitrogen and oxygen atoms in total. The Kier molecular flexibility index (Phi) is 3.18. The molecule has 2 unspecified atom stereocenters. The zero-order valence-corrected chi connectivity index (χ0v) is 11.6. The highest BCUT2D eigenvalue weighted by Crippen LogP contribution is 2.38. The maximum absolute atomic E-state index is 12.6. The zero-order chi connectivity index (χ0) is 14.2. The second-order valence-corrected chi connectivity index (χ2v) is 5.75. The van der Waals surface area contributed by atoms with Crippen LogP contribution >= 0.6 is 0 Å². The van der Waals surface area contributed by atoms with Crippen molar-refractivity contribution < 1.29 is 4.79 Å². The van der Waals surface area contributed by atoms with Crippen LogP contribution in [0.4, 0.5) is 5.69 Å². The molecule has 2 aromatic rings. The second kappa shape index (κ2) is 4.87. The first-order valence-corrected chi connectivity index (χ1v) is 7.02. The zero-order valence-electron chi connectivity index (χ0n) is 11.6. The summed E-state index contributed by atoms with van der Waals surface area (Å²) in [7, 11) is 0. The van der Waals surface area contributed by atoms with Crippen molar-refractivity contribution in [3.8, 4) is 0 Å². The number of rotatable bonds is 2. The molecule has 4 heteroatoms. The van der Waals surface area contributed by atoms with Gasteiger partial charge in [-0.05, 0) is 44.0 Å². The van der Waals surface area contributed by atoms with Crippen molar-refractivity contribution in [1.29, 1.82) is 0 Å². The highest BCUT2D eigenvalue weighted by atomic mass is 16.2. The minimum absolute atomic E-state index is 0.0128. The van der Waals surface area contributed by atoms with Crippen molar-refractivity contribution >= 4 is 22.5 Å². The van der Waals surface area contributed by atoms with Gasteiger partial charge in [0.05, 0.1) is 16.6 Å². The van der Waals surface area contributed by atoms with Crippen LogP contribution in [0.5, 0.6) is 0 Å². The molecule has 1 saturated carbocycles. The number of amides is 1. The maximum Gasteiger partial charge on any atom is 0.231 e. The molecule has 104 valence electrons. The lowest BCUT2D eigenvalue weighted by molar-refractivity contribution is -0.125. The van der Waals surface area contributed by atoms with E-state index in [2.05, 4.69) is 10.3 Å². The standard InChI is InChI=1S/C16H19N3O/c1-16(9-3-8-14(16)17)15(20)19-13-7-2-6-12-11(13)5-4-10-18-12/h2,4-7,10,14H,3,8-9,17H2,1H3,(H,19,20). The molecule has 0 radical (unpaired) electrons. The number of nitrogens with one attached hydrogen (secondary N) is 1. The van der Waals surface area contributed by atoms with Crippen LogP contribution in [0.15, 0.2) is 36.5 Å². The average molecular weight is 269 g/mol. The fourth-order valence-electron chi connectivity index (χ4n) is 2.95. The Morgan fingerprint density at radius 2 is 2.25 bits per heavy atom. The van der Waals surface area contributed by atoms with Crippen LogP contribution in [0.2, 0.25) is 0 Å². The molecule has 2 atom stereocenters. The predicted octanol–water partition coefficient (Wildman–Crippen LogP) is 2.69. The van der Waals surface area contributed by atoms with Gasteiger partial charge >= 0.3 is 0 Å². The van der Waals surface area contributed by atoms with E-state index in [1.165, 1.54) is 0 Å². The molecule has 1 amide bonds. The van der Waals surface area contributed by atoms with Gasteiger partial charge in [0.15, 0.2) is 0 Å². The number of aromatic nitrogens is 1. The minimum Gasteiger partial charge on any atom is -0.327 e. The Hall–Kier alpha value is -1.94. The van der Waals surface area contributed by atoms with Crippen LogP contribution in [0, 0.1) is 5.41 Å². The fourth-order valence-corrected chi connectivity index (χ4v) is 2.95. The largest absolute Gasteiger partial charge is 0.327 e. The molecule has 3 N–H and O–H groups in total. The first-order valence-electron chi connectivity index (χ1n) is 7.02. The Bertz CT molecular complexity index is 650. The smallest absolute Gasteiger partial charge is 0.231 e. The third-order valence-electron chi connectivity index (χ3n) is 4.44. The maximum atomic E-state index is 12.6. The minimum atomic E-state index is -0.468. The molecular weight excluding hydrogens is 250 g/mol. The molecule has 0 spiro atoms. The van der Waals surface area contributed by atoms with Crippen LogP contribution in [0.1, 0.15) is 26.2 Å². The van der Waals surface area contributed by atoms with Gasteiger partial charge in [0.1, 0.15) is 0 Å². The van der Waals surface area contributed by atoms with Crippen LogP contribution in [0.25, 0.3) is 10.9 Å². The van der Waals surface area contributed by atoms with E-state index in [1.54, 1.807) is 6.20 Å². The van der Waals surface area contributed by atoms with Crippen LogP contribution in [0.3, 0.4) is 0 Å². The summed E-state index contributed by atoms with van der Waals surface area (Å²) in [5, 5.41) is 4.00. The number of carbonyl (C=O) groups is 1. The summed E-state index contributed by atoms with van der Waals surface area (Å²) in [5.74, 6) is 0.0128. The van der Waals surface area contributed by atoms with Crippen LogP contribution in [-0.2, 0) is 4.79 Å². The molecule has 0 bridgehead atoms. The number of nitrogens with two attached hydrogens (primary N) is 1. The number of fused-ring (bicyclic) bond motifs is 1. The highest BCUT2D eigenvalue weighted by molar-refractivity contribution is 6.03. The lowest BCUT2D eigenvalue weighted by Crippen LogP contribution is -2.44. The first-order chi connectivity index (χ1) is 9.61. The molecular formula is C16H19N3O. The lowest BCUT2D eigenvalue weighted by atomic mass is 9.84. The Labute approximate surface area is 118 Å². The summed E-state index contributed by atoms with van der Waals surface area (Å²) in [6.07, 6.45) is 4.54. The summed E-state index contributed by atoms with van der Waals surface area (Å²) in [4.78, 5) is 16.9. The van der Waals surface area contributed by atoms with Crippen molar-refractivity contribution in [3.05, 3.63) is 36.5 Å². The summed E-state index contributed by atoms with van der Waals surface area (Å²) in [5.41, 5.74) is 7.33. The summed E-state index contributed by atoms with van der Waals surface area (Å²) >= 11 is 0. The van der Waals surface area contributed by atoms with Gasteiger partial charge in [-0.3, -0.25) is 9.78 Å². The third-order valence-corrected chi connectivity index (χ3v) is 4.44. The second-order valence-electron chi connectivity index (χ2n) is 5.75. The molecule has 1 fully saturated rings. The number of hydrogen-bond acceptors (Lipinski definition) is 3. The Morgan fingerprint density at radius 1 is 1.40 bits per heavy atom. The summed E-state index contributed by atoms with van der Waals surface area (Å²) in [6, 6.07) is 9.54. The van der Waals surface area contributed by atoms with E-state index in [-0.39, 0.29) is 11.9 Å². The lowest BCUT2D eigenvalue weighted by Gasteiger charge is -2.27. The van der Waals surface area contributed by atoms with Crippen molar-refractivity contribution in [2.45, 2.75) is 32.2 Å². The highest BCUT2D eigenvalue weighted by Gasteiger charge is 2.43. The van der Waals surface area contributed by atoms with Gasteiger partial charge in [0, 0.05) is 17.6 Å². The Balaban J connectivity index is 1.92. The van der Waals surface area contributed by atoms with Crippen molar-refractivity contribution in [1.82, 2.24) is 4.98 Å². The number of anilines is 1. The monoisotopic (exact) mass is 269 g/mol. The van der Waals surface area contributed by atoms with E-state index in [4.69, 9.17) is 5.73 Å². The normalized spacial score (nSPS) is 25.8. The molecule has 1 aliphatic carbocycles. The van der Waals surface area contributed by atoms with E-state index in [0.29, 0.717) is 0 Å². The Morgan fingerprint density at radius 3 is 3.00 bits per heavy atom. The fraction of sp³-hybridized carbons (Fsp3) is 0.375. The van der Waals surface area contributed by atoms with Crippen LogP contribution in [-0.4, -0.2) is 16.9 Å². The van der Waals surface area contributed by atoms with E-state index in [9.17, 15) is 4.79 Å². The van der Waals surface area contributed by atoms with Crippen molar-refractivity contribution in [2.75, 3.05) is 5.32 Å². The van der Waals surface area contributed by atoms with Gasteiger partial charge in [0.25, 0.3) is 0 Å². The van der Waals surface area contributed by atoms with E-state index in [1.807, 2.05) is 37.3 Å². The molecule has 1 aliphatic rings. The number of pyridine rings is 1. The molecule has 1 heterocycles. The molecule has 0 aliphatic heterocycles. The summed E-state index contributed by atoms with van der Waals surface area (Å²) < 4.78 is 0. The topological polar surface area (TPSA) is 68.0 Å². The molecule has 1 aromatic carbocycles. The molecule has 0 saturated heterocycles. The average Bonchev–Trinajstić information content (AvgIpc) is 2.80. The van der Waals surface area contributed by atoms with Gasteiger partial charge in [-0.2, -0.15) is 0 Å². The van der Waals surface area contributed by atoms with Crippen LogP contribution < -0.4 is 11.1 Å². The van der Waals surface area contributed by atoms with Gasteiger partial charge in [-0.1, -0.05) is 12.5 Å². The molecule has 20 heavy (non-hydrogen) atoms. The van der Waals surface area contributed by atoms with Gasteiger partial charge in [-0.25, -0.2) is 0 Å². The number of nitrogens with zero attached hydrogens (tertiary/aromatic N) is 1. The quantitative estimate of drug-likeness (QED) is 0.880.